The predicted molar refractivity (Wildman–Crippen MR) is 97.3 cm³/mol. The topological polar surface area (TPSA) is 42.4 Å². The molecule has 0 amide bonds. The Hall–Kier alpha value is -2.39. The Morgan fingerprint density at radius 2 is 1.88 bits per heavy atom. The molecule has 1 N–H and O–H groups in total. The van der Waals surface area contributed by atoms with Gasteiger partial charge in [0.1, 0.15) is 5.75 Å². The molecule has 0 aliphatic rings. The van der Waals surface area contributed by atoms with E-state index >= 15 is 0 Å². The first-order valence-corrected chi connectivity index (χ1v) is 8.42. The van der Waals surface area contributed by atoms with Crippen LogP contribution in [0.15, 0.2) is 60.8 Å². The van der Waals surface area contributed by atoms with Crippen LogP contribution >= 0.6 is 0 Å². The zero-order valence-corrected chi connectivity index (χ0v) is 14.0. The average Bonchev–Trinajstić information content (AvgIpc) is 2.65. The van der Waals surface area contributed by atoms with E-state index < -0.39 is 6.10 Å². The predicted octanol–water partition coefficient (Wildman–Crippen LogP) is 4.69. The monoisotopic (exact) mass is 321 g/mol. The van der Waals surface area contributed by atoms with Crippen molar-refractivity contribution >= 4 is 10.9 Å². The van der Waals surface area contributed by atoms with Crippen LogP contribution in [0.5, 0.6) is 5.75 Å². The van der Waals surface area contributed by atoms with E-state index in [2.05, 4.69) is 29.2 Å². The lowest BCUT2D eigenvalue weighted by Crippen LogP contribution is -1.98. The molecule has 1 aromatic heterocycles. The number of aromatic nitrogens is 1. The standard InChI is InChI=1S/C21H23NO2/c1-24-19-12-10-18(11-13-19)21(23)7-3-2-5-16-8-9-17-6-4-14-22-20(17)15-16/h4,6,8-15,21,23H,2-3,5,7H2,1H3. The Bertz CT molecular complexity index is 783. The third-order valence-electron chi connectivity index (χ3n) is 4.36. The lowest BCUT2D eigenvalue weighted by molar-refractivity contribution is 0.163. The van der Waals surface area contributed by atoms with Crippen LogP contribution in [0.25, 0.3) is 10.9 Å². The maximum atomic E-state index is 10.3. The smallest absolute Gasteiger partial charge is 0.118 e. The molecule has 3 heteroatoms. The number of rotatable bonds is 7. The molecule has 1 atom stereocenters. The maximum Gasteiger partial charge on any atom is 0.118 e. The molecule has 1 unspecified atom stereocenters. The summed E-state index contributed by atoms with van der Waals surface area (Å²) < 4.78 is 5.14. The number of ether oxygens (including phenoxy) is 1. The summed E-state index contributed by atoms with van der Waals surface area (Å²) in [7, 11) is 1.65. The van der Waals surface area contributed by atoms with Crippen molar-refractivity contribution < 1.29 is 9.84 Å². The van der Waals surface area contributed by atoms with Gasteiger partial charge in [0.2, 0.25) is 0 Å². The summed E-state index contributed by atoms with van der Waals surface area (Å²) in [4.78, 5) is 4.40. The van der Waals surface area contributed by atoms with Gasteiger partial charge in [0.15, 0.2) is 0 Å². The Morgan fingerprint density at radius 1 is 1.04 bits per heavy atom. The summed E-state index contributed by atoms with van der Waals surface area (Å²) in [6, 6.07) is 18.1. The van der Waals surface area contributed by atoms with Gasteiger partial charge in [0.25, 0.3) is 0 Å². The number of fused-ring (bicyclic) bond motifs is 1. The number of aliphatic hydroxyl groups is 1. The number of unbranched alkanes of at least 4 members (excludes halogenated alkanes) is 1. The van der Waals surface area contributed by atoms with Crippen LogP contribution in [0.4, 0.5) is 0 Å². The number of methoxy groups -OCH3 is 1. The molecular formula is C21H23NO2. The Balaban J connectivity index is 1.48. The van der Waals surface area contributed by atoms with Gasteiger partial charge in [-0.05, 0) is 54.7 Å². The molecule has 0 radical (unpaired) electrons. The van der Waals surface area contributed by atoms with Gasteiger partial charge in [-0.15, -0.1) is 0 Å². The molecule has 0 bridgehead atoms. The van der Waals surface area contributed by atoms with E-state index in [9.17, 15) is 5.11 Å². The molecule has 3 rings (SSSR count). The van der Waals surface area contributed by atoms with Crippen molar-refractivity contribution in [3.63, 3.8) is 0 Å². The highest BCUT2D eigenvalue weighted by molar-refractivity contribution is 5.78. The van der Waals surface area contributed by atoms with Crippen LogP contribution in [0.2, 0.25) is 0 Å². The summed E-state index contributed by atoms with van der Waals surface area (Å²) in [5, 5.41) is 11.4. The molecule has 0 aliphatic carbocycles. The second-order valence-electron chi connectivity index (χ2n) is 6.07. The van der Waals surface area contributed by atoms with Crippen LogP contribution < -0.4 is 4.74 Å². The van der Waals surface area contributed by atoms with E-state index in [1.165, 1.54) is 10.9 Å². The minimum atomic E-state index is -0.408. The van der Waals surface area contributed by atoms with E-state index in [-0.39, 0.29) is 0 Å². The number of hydrogen-bond acceptors (Lipinski definition) is 3. The minimum absolute atomic E-state index is 0.408. The molecule has 2 aromatic carbocycles. The Morgan fingerprint density at radius 3 is 2.67 bits per heavy atom. The van der Waals surface area contributed by atoms with Crippen LogP contribution in [0.3, 0.4) is 0 Å². The zero-order valence-electron chi connectivity index (χ0n) is 14.0. The number of hydrogen-bond donors (Lipinski definition) is 1. The third-order valence-corrected chi connectivity index (χ3v) is 4.36. The highest BCUT2D eigenvalue weighted by Gasteiger charge is 2.07. The summed E-state index contributed by atoms with van der Waals surface area (Å²) in [5.41, 5.74) is 3.30. The van der Waals surface area contributed by atoms with Gasteiger partial charge in [-0.1, -0.05) is 36.8 Å². The molecule has 1 heterocycles. The lowest BCUT2D eigenvalue weighted by atomic mass is 10.0. The van der Waals surface area contributed by atoms with Crippen molar-refractivity contribution in [1.82, 2.24) is 4.98 Å². The summed E-state index contributed by atoms with van der Waals surface area (Å²) in [5.74, 6) is 0.816. The van der Waals surface area contributed by atoms with Crippen molar-refractivity contribution in [2.75, 3.05) is 7.11 Å². The molecule has 124 valence electrons. The van der Waals surface area contributed by atoms with Gasteiger partial charge < -0.3 is 9.84 Å². The van der Waals surface area contributed by atoms with Crippen LogP contribution in [-0.2, 0) is 6.42 Å². The zero-order chi connectivity index (χ0) is 16.8. The van der Waals surface area contributed by atoms with Gasteiger partial charge in [-0.3, -0.25) is 4.98 Å². The van der Waals surface area contributed by atoms with Crippen LogP contribution in [0.1, 0.15) is 36.5 Å². The number of pyridine rings is 1. The fourth-order valence-corrected chi connectivity index (χ4v) is 2.93. The van der Waals surface area contributed by atoms with Crippen molar-refractivity contribution in [2.24, 2.45) is 0 Å². The van der Waals surface area contributed by atoms with Crippen molar-refractivity contribution in [1.29, 1.82) is 0 Å². The highest BCUT2D eigenvalue weighted by Crippen LogP contribution is 2.22. The van der Waals surface area contributed by atoms with Crippen LogP contribution in [-0.4, -0.2) is 17.2 Å². The fourth-order valence-electron chi connectivity index (χ4n) is 2.93. The lowest BCUT2D eigenvalue weighted by Gasteiger charge is -2.11. The first-order valence-electron chi connectivity index (χ1n) is 8.42. The molecular weight excluding hydrogens is 298 g/mol. The average molecular weight is 321 g/mol. The first-order chi connectivity index (χ1) is 11.8. The number of nitrogens with zero attached hydrogens (tertiary/aromatic N) is 1. The fraction of sp³-hybridized carbons (Fsp3) is 0.286. The second-order valence-corrected chi connectivity index (χ2v) is 6.07. The van der Waals surface area contributed by atoms with Gasteiger partial charge >= 0.3 is 0 Å². The van der Waals surface area contributed by atoms with E-state index in [0.717, 1.165) is 42.5 Å². The molecule has 0 spiro atoms. The second kappa shape index (κ2) is 7.93. The Labute approximate surface area is 142 Å². The molecule has 3 nitrogen and oxygen atoms in total. The third kappa shape index (κ3) is 4.12. The van der Waals surface area contributed by atoms with E-state index in [0.29, 0.717) is 0 Å². The summed E-state index contributed by atoms with van der Waals surface area (Å²) in [6.07, 6.45) is 5.27. The Kier molecular flexibility index (Phi) is 5.44. The van der Waals surface area contributed by atoms with Gasteiger partial charge in [0, 0.05) is 11.6 Å². The molecule has 24 heavy (non-hydrogen) atoms. The van der Waals surface area contributed by atoms with Gasteiger partial charge in [-0.2, -0.15) is 0 Å². The number of aliphatic hydroxyl groups excluding tert-OH is 1. The minimum Gasteiger partial charge on any atom is -0.497 e. The van der Waals surface area contributed by atoms with E-state index in [4.69, 9.17) is 4.74 Å². The van der Waals surface area contributed by atoms with Crippen LogP contribution in [0, 0.1) is 0 Å². The highest BCUT2D eigenvalue weighted by atomic mass is 16.5. The van der Waals surface area contributed by atoms with Gasteiger partial charge in [-0.25, -0.2) is 0 Å². The molecule has 0 aliphatic heterocycles. The van der Waals surface area contributed by atoms with Gasteiger partial charge in [0.05, 0.1) is 18.7 Å². The SMILES string of the molecule is COc1ccc(C(O)CCCCc2ccc3cccnc3c2)cc1. The summed E-state index contributed by atoms with van der Waals surface area (Å²) >= 11 is 0. The quantitative estimate of drug-likeness (QED) is 0.642. The summed E-state index contributed by atoms with van der Waals surface area (Å²) in [6.45, 7) is 0. The molecule has 3 aromatic rings. The molecule has 0 fully saturated rings. The number of benzene rings is 2. The van der Waals surface area contributed by atoms with Crippen molar-refractivity contribution in [3.05, 3.63) is 71.9 Å². The van der Waals surface area contributed by atoms with Crippen molar-refractivity contribution in [3.8, 4) is 5.75 Å². The van der Waals surface area contributed by atoms with E-state index in [1.807, 2.05) is 36.5 Å². The first kappa shape index (κ1) is 16.5. The normalized spacial score (nSPS) is 12.2. The van der Waals surface area contributed by atoms with Crippen molar-refractivity contribution in [2.45, 2.75) is 31.8 Å². The number of aryl methyl sites for hydroxylation is 1. The largest absolute Gasteiger partial charge is 0.497 e. The van der Waals surface area contributed by atoms with E-state index in [1.54, 1.807) is 7.11 Å². The molecule has 0 saturated carbocycles. The molecule has 0 saturated heterocycles. The maximum absolute atomic E-state index is 10.3.